The maximum atomic E-state index is 11.7. The molecule has 1 amide bonds. The van der Waals surface area contributed by atoms with Crippen LogP contribution in [0.3, 0.4) is 0 Å². The van der Waals surface area contributed by atoms with Crippen LogP contribution in [0, 0.1) is 10.1 Å². The highest BCUT2D eigenvalue weighted by Gasteiger charge is 2.10. The van der Waals surface area contributed by atoms with E-state index in [0.29, 0.717) is 5.56 Å². The van der Waals surface area contributed by atoms with Crippen molar-refractivity contribution in [1.82, 2.24) is 4.90 Å². The highest BCUT2D eigenvalue weighted by Crippen LogP contribution is 2.12. The molecule has 1 aromatic carbocycles. The number of hydrogen-bond acceptors (Lipinski definition) is 5. The Kier molecular flexibility index (Phi) is 5.40. The van der Waals surface area contributed by atoms with E-state index in [9.17, 15) is 19.7 Å². The molecule has 0 spiro atoms. The number of benzene rings is 1. The van der Waals surface area contributed by atoms with Crippen LogP contribution in [0.15, 0.2) is 30.3 Å². The third kappa shape index (κ3) is 4.52. The summed E-state index contributed by atoms with van der Waals surface area (Å²) < 4.78 is 4.45. The number of amides is 1. The monoisotopic (exact) mass is 278 g/mol. The maximum Gasteiger partial charge on any atom is 0.325 e. The summed E-state index contributed by atoms with van der Waals surface area (Å²) in [7, 11) is 2.72. The van der Waals surface area contributed by atoms with Crippen molar-refractivity contribution in [1.29, 1.82) is 0 Å². The molecule has 0 unspecified atom stereocenters. The lowest BCUT2D eigenvalue weighted by Gasteiger charge is -2.12. The molecule has 0 radical (unpaired) electrons. The summed E-state index contributed by atoms with van der Waals surface area (Å²) in [5.74, 6) is -0.877. The van der Waals surface area contributed by atoms with Crippen molar-refractivity contribution < 1.29 is 19.2 Å². The van der Waals surface area contributed by atoms with Crippen molar-refractivity contribution in [2.24, 2.45) is 0 Å². The number of nitro benzene ring substituents is 1. The standard InChI is InChI=1S/C13H14N2O5/c1-14(9-13(17)20-2)12(16)8-5-10-3-6-11(7-4-10)15(18)19/h3-8H,9H2,1-2H3. The topological polar surface area (TPSA) is 89.8 Å². The molecular formula is C13H14N2O5. The summed E-state index contributed by atoms with van der Waals surface area (Å²) in [5.41, 5.74) is 0.631. The third-order valence-electron chi connectivity index (χ3n) is 2.49. The first kappa shape index (κ1) is 15.4. The molecule has 20 heavy (non-hydrogen) atoms. The van der Waals surface area contributed by atoms with E-state index in [1.165, 1.54) is 55.5 Å². The van der Waals surface area contributed by atoms with E-state index in [-0.39, 0.29) is 18.1 Å². The molecular weight excluding hydrogens is 264 g/mol. The number of carbonyl (C=O) groups excluding carboxylic acids is 2. The molecule has 0 aliphatic carbocycles. The van der Waals surface area contributed by atoms with Crippen LogP contribution in [-0.4, -0.2) is 42.4 Å². The van der Waals surface area contributed by atoms with Crippen molar-refractivity contribution in [3.05, 3.63) is 46.0 Å². The second-order valence-corrected chi connectivity index (χ2v) is 3.95. The van der Waals surface area contributed by atoms with Crippen LogP contribution in [-0.2, 0) is 14.3 Å². The van der Waals surface area contributed by atoms with Crippen LogP contribution < -0.4 is 0 Å². The normalized spacial score (nSPS) is 10.3. The molecule has 0 saturated carbocycles. The molecule has 7 nitrogen and oxygen atoms in total. The van der Waals surface area contributed by atoms with Gasteiger partial charge < -0.3 is 9.64 Å². The number of ether oxygens (including phenoxy) is 1. The van der Waals surface area contributed by atoms with Gasteiger partial charge in [-0.15, -0.1) is 0 Å². The predicted octanol–water partition coefficient (Wildman–Crippen LogP) is 1.24. The number of non-ortho nitro benzene ring substituents is 1. The van der Waals surface area contributed by atoms with Crippen molar-refractivity contribution >= 4 is 23.6 Å². The van der Waals surface area contributed by atoms with Crippen LogP contribution in [0.4, 0.5) is 5.69 Å². The molecule has 0 aromatic heterocycles. The summed E-state index contributed by atoms with van der Waals surface area (Å²) in [6.45, 7) is -0.139. The Morgan fingerprint density at radius 3 is 2.45 bits per heavy atom. The highest BCUT2D eigenvalue weighted by molar-refractivity contribution is 5.93. The first-order valence-corrected chi connectivity index (χ1v) is 5.68. The van der Waals surface area contributed by atoms with Crippen LogP contribution in [0.2, 0.25) is 0 Å². The first-order valence-electron chi connectivity index (χ1n) is 5.68. The lowest BCUT2D eigenvalue weighted by atomic mass is 10.2. The van der Waals surface area contributed by atoms with Crippen molar-refractivity contribution in [3.8, 4) is 0 Å². The van der Waals surface area contributed by atoms with E-state index in [1.54, 1.807) is 0 Å². The van der Waals surface area contributed by atoms with Gasteiger partial charge in [0, 0.05) is 25.3 Å². The van der Waals surface area contributed by atoms with E-state index in [4.69, 9.17) is 0 Å². The molecule has 0 aliphatic heterocycles. The second kappa shape index (κ2) is 7.03. The fourth-order valence-electron chi connectivity index (χ4n) is 1.34. The Morgan fingerprint density at radius 2 is 1.95 bits per heavy atom. The van der Waals surface area contributed by atoms with Crippen molar-refractivity contribution in [2.45, 2.75) is 0 Å². The molecule has 0 heterocycles. The summed E-state index contributed by atoms with van der Waals surface area (Å²) in [6, 6.07) is 5.76. The number of nitro groups is 1. The molecule has 0 atom stereocenters. The van der Waals surface area contributed by atoms with Gasteiger partial charge in [-0.3, -0.25) is 19.7 Å². The number of carbonyl (C=O) groups is 2. The average Bonchev–Trinajstić information content (AvgIpc) is 2.44. The fraction of sp³-hybridized carbons (Fsp3) is 0.231. The van der Waals surface area contributed by atoms with Crippen molar-refractivity contribution in [3.63, 3.8) is 0 Å². The minimum atomic E-state index is -0.510. The molecule has 7 heteroatoms. The summed E-state index contributed by atoms with van der Waals surface area (Å²) in [4.78, 5) is 33.9. The van der Waals surface area contributed by atoms with Gasteiger partial charge in [-0.05, 0) is 23.8 Å². The largest absolute Gasteiger partial charge is 0.468 e. The van der Waals surface area contributed by atoms with E-state index >= 15 is 0 Å². The van der Waals surface area contributed by atoms with Crippen LogP contribution in [0.5, 0.6) is 0 Å². The van der Waals surface area contributed by atoms with Gasteiger partial charge in [0.15, 0.2) is 0 Å². The zero-order chi connectivity index (χ0) is 15.1. The number of likely N-dealkylation sites (N-methyl/N-ethyl adjacent to an activating group) is 1. The second-order valence-electron chi connectivity index (χ2n) is 3.95. The zero-order valence-corrected chi connectivity index (χ0v) is 11.1. The quantitative estimate of drug-likeness (QED) is 0.350. The van der Waals surface area contributed by atoms with Gasteiger partial charge in [-0.2, -0.15) is 0 Å². The molecule has 0 N–H and O–H groups in total. The van der Waals surface area contributed by atoms with Gasteiger partial charge in [0.2, 0.25) is 5.91 Å². The van der Waals surface area contributed by atoms with Crippen LogP contribution >= 0.6 is 0 Å². The molecule has 1 aromatic rings. The number of hydrogen-bond donors (Lipinski definition) is 0. The maximum absolute atomic E-state index is 11.7. The number of rotatable bonds is 5. The minimum Gasteiger partial charge on any atom is -0.468 e. The molecule has 1 rings (SSSR count). The van der Waals surface area contributed by atoms with Gasteiger partial charge >= 0.3 is 5.97 Å². The lowest BCUT2D eigenvalue weighted by molar-refractivity contribution is -0.384. The van der Waals surface area contributed by atoms with E-state index < -0.39 is 10.9 Å². The number of esters is 1. The number of nitrogens with zero attached hydrogens (tertiary/aromatic N) is 2. The molecule has 0 aliphatic rings. The SMILES string of the molecule is COC(=O)CN(C)C(=O)C=Cc1ccc([N+](=O)[O-])cc1. The Bertz CT molecular complexity index is 536. The Balaban J connectivity index is 2.65. The van der Waals surface area contributed by atoms with Crippen LogP contribution in [0.25, 0.3) is 6.08 Å². The minimum absolute atomic E-state index is 0.0173. The van der Waals surface area contributed by atoms with Gasteiger partial charge in [0.1, 0.15) is 6.54 Å². The molecule has 0 bridgehead atoms. The smallest absolute Gasteiger partial charge is 0.325 e. The Hall–Kier alpha value is -2.70. The average molecular weight is 278 g/mol. The first-order chi connectivity index (χ1) is 9.43. The molecule has 106 valence electrons. The van der Waals surface area contributed by atoms with E-state index in [0.717, 1.165) is 0 Å². The predicted molar refractivity (Wildman–Crippen MR) is 71.8 cm³/mol. The lowest BCUT2D eigenvalue weighted by Crippen LogP contribution is -2.31. The summed E-state index contributed by atoms with van der Waals surface area (Å²) >= 11 is 0. The summed E-state index contributed by atoms with van der Waals surface area (Å²) in [6.07, 6.45) is 2.80. The molecule has 0 saturated heterocycles. The van der Waals surface area contributed by atoms with Gasteiger partial charge in [0.25, 0.3) is 5.69 Å². The Morgan fingerprint density at radius 1 is 1.35 bits per heavy atom. The zero-order valence-electron chi connectivity index (χ0n) is 11.1. The van der Waals surface area contributed by atoms with Gasteiger partial charge in [0.05, 0.1) is 12.0 Å². The summed E-state index contributed by atoms with van der Waals surface area (Å²) in [5, 5.41) is 10.5. The van der Waals surface area contributed by atoms with Gasteiger partial charge in [-0.1, -0.05) is 0 Å². The Labute approximate surface area is 115 Å². The molecule has 0 fully saturated rings. The third-order valence-corrected chi connectivity index (χ3v) is 2.49. The highest BCUT2D eigenvalue weighted by atomic mass is 16.6. The van der Waals surface area contributed by atoms with E-state index in [1.807, 2.05) is 0 Å². The van der Waals surface area contributed by atoms with Crippen molar-refractivity contribution in [2.75, 3.05) is 20.7 Å². The van der Waals surface area contributed by atoms with E-state index in [2.05, 4.69) is 4.74 Å². The van der Waals surface area contributed by atoms with Gasteiger partial charge in [-0.25, -0.2) is 0 Å². The fourth-order valence-corrected chi connectivity index (χ4v) is 1.34. The number of methoxy groups -OCH3 is 1. The van der Waals surface area contributed by atoms with Crippen LogP contribution in [0.1, 0.15) is 5.56 Å².